The predicted octanol–water partition coefficient (Wildman–Crippen LogP) is 1.57. The third-order valence-corrected chi connectivity index (χ3v) is 5.92. The molecule has 11 nitrogen and oxygen atoms in total. The Labute approximate surface area is 197 Å². The van der Waals surface area contributed by atoms with Gasteiger partial charge in [0.2, 0.25) is 5.91 Å². The molecule has 0 radical (unpaired) electrons. The third-order valence-electron chi connectivity index (χ3n) is 5.92. The fourth-order valence-electron chi connectivity index (χ4n) is 4.02. The van der Waals surface area contributed by atoms with Crippen molar-refractivity contribution in [2.45, 2.75) is 39.2 Å². The van der Waals surface area contributed by atoms with Crippen molar-refractivity contribution in [3.05, 3.63) is 33.0 Å². The highest BCUT2D eigenvalue weighted by molar-refractivity contribution is 5.81. The van der Waals surface area contributed by atoms with Crippen LogP contribution in [0.2, 0.25) is 0 Å². The van der Waals surface area contributed by atoms with Gasteiger partial charge in [-0.2, -0.15) is 0 Å². The number of nitrogens with one attached hydrogen (secondary N) is 1. The summed E-state index contributed by atoms with van der Waals surface area (Å²) in [4.78, 5) is 55.6. The summed E-state index contributed by atoms with van der Waals surface area (Å²) in [5.74, 6) is 0.882. The Balaban J connectivity index is 1.50. The van der Waals surface area contributed by atoms with Crippen LogP contribution in [-0.2, 0) is 16.1 Å². The Hall–Kier alpha value is -3.50. The van der Waals surface area contributed by atoms with E-state index in [-0.39, 0.29) is 18.5 Å². The number of carbonyl (C=O) groups excluding carboxylic acids is 2. The molecule has 11 heteroatoms. The summed E-state index contributed by atoms with van der Waals surface area (Å²) in [6.07, 6.45) is 1.99. The van der Waals surface area contributed by atoms with E-state index in [1.54, 1.807) is 28.9 Å². The van der Waals surface area contributed by atoms with Crippen LogP contribution < -0.4 is 20.7 Å². The maximum Gasteiger partial charge on any atom is 0.409 e. The standard InChI is InChI=1S/C23H32N4O7/c1-4-34-23(31)26-12-10-25(11-13-26)20(28)8-6-5-7-9-27-21(29)16-14-18(32-2)19(33-3)15-17(16)24-22(27)30/h14-15H,4-13H2,1-3H3,(H,24,30). The van der Waals surface area contributed by atoms with E-state index in [2.05, 4.69) is 4.98 Å². The van der Waals surface area contributed by atoms with E-state index < -0.39 is 11.2 Å². The maximum absolute atomic E-state index is 12.9. The molecule has 1 aromatic heterocycles. The minimum absolute atomic E-state index is 0.0465. The summed E-state index contributed by atoms with van der Waals surface area (Å²) in [7, 11) is 2.96. The molecule has 0 aliphatic carbocycles. The number of piperazine rings is 1. The number of rotatable bonds is 9. The molecular formula is C23H32N4O7. The fraction of sp³-hybridized carbons (Fsp3) is 0.565. The number of aromatic nitrogens is 2. The van der Waals surface area contributed by atoms with Gasteiger partial charge in [0, 0.05) is 45.2 Å². The molecule has 2 heterocycles. The molecule has 2 amide bonds. The van der Waals surface area contributed by atoms with E-state index in [1.807, 2.05) is 0 Å². The van der Waals surface area contributed by atoms with Crippen LogP contribution in [0.1, 0.15) is 32.6 Å². The van der Waals surface area contributed by atoms with E-state index in [1.165, 1.54) is 18.8 Å². The lowest BCUT2D eigenvalue weighted by Crippen LogP contribution is -2.50. The molecule has 1 aliphatic rings. The molecule has 0 atom stereocenters. The minimum Gasteiger partial charge on any atom is -0.493 e. The number of hydrogen-bond acceptors (Lipinski definition) is 7. The summed E-state index contributed by atoms with van der Waals surface area (Å²) in [6, 6.07) is 3.13. The molecule has 1 saturated heterocycles. The van der Waals surface area contributed by atoms with Gasteiger partial charge in [0.25, 0.3) is 5.56 Å². The van der Waals surface area contributed by atoms with Crippen LogP contribution in [0.5, 0.6) is 11.5 Å². The number of aromatic amines is 1. The van der Waals surface area contributed by atoms with Crippen LogP contribution in [-0.4, -0.2) is 78.4 Å². The zero-order valence-corrected chi connectivity index (χ0v) is 19.9. The Morgan fingerprint density at radius 3 is 2.24 bits per heavy atom. The van der Waals surface area contributed by atoms with E-state index in [0.717, 1.165) is 0 Å². The van der Waals surface area contributed by atoms with Gasteiger partial charge in [0.1, 0.15) is 0 Å². The number of H-pyrrole nitrogens is 1. The van der Waals surface area contributed by atoms with E-state index in [9.17, 15) is 19.2 Å². The number of nitrogens with zero attached hydrogens (tertiary/aromatic N) is 3. The summed E-state index contributed by atoms with van der Waals surface area (Å²) in [5, 5.41) is 0.342. The Morgan fingerprint density at radius 2 is 1.59 bits per heavy atom. The molecule has 1 fully saturated rings. The first-order valence-electron chi connectivity index (χ1n) is 11.5. The summed E-state index contributed by atoms with van der Waals surface area (Å²) in [6.45, 7) is 4.27. The summed E-state index contributed by atoms with van der Waals surface area (Å²) < 4.78 is 16.6. The molecule has 0 bridgehead atoms. The first kappa shape index (κ1) is 25.1. The molecule has 186 valence electrons. The second-order valence-corrected chi connectivity index (χ2v) is 8.02. The van der Waals surface area contributed by atoms with Crippen molar-refractivity contribution in [3.63, 3.8) is 0 Å². The largest absolute Gasteiger partial charge is 0.493 e. The number of benzene rings is 1. The smallest absolute Gasteiger partial charge is 0.409 e. The van der Waals surface area contributed by atoms with Crippen molar-refractivity contribution in [3.8, 4) is 11.5 Å². The number of amides is 2. The van der Waals surface area contributed by atoms with Crippen LogP contribution in [0.3, 0.4) is 0 Å². The monoisotopic (exact) mass is 476 g/mol. The fourth-order valence-corrected chi connectivity index (χ4v) is 4.02. The minimum atomic E-state index is -0.486. The second-order valence-electron chi connectivity index (χ2n) is 8.02. The second kappa shape index (κ2) is 11.6. The molecule has 34 heavy (non-hydrogen) atoms. The number of unbranched alkanes of at least 4 members (excludes halogenated alkanes) is 2. The van der Waals surface area contributed by atoms with Crippen molar-refractivity contribution >= 4 is 22.9 Å². The topological polar surface area (TPSA) is 123 Å². The number of hydrogen-bond donors (Lipinski definition) is 1. The van der Waals surface area contributed by atoms with E-state index in [0.29, 0.717) is 80.9 Å². The lowest BCUT2D eigenvalue weighted by Gasteiger charge is -2.34. The van der Waals surface area contributed by atoms with Crippen molar-refractivity contribution in [2.24, 2.45) is 0 Å². The molecule has 3 rings (SSSR count). The quantitative estimate of drug-likeness (QED) is 0.545. The molecule has 0 spiro atoms. The molecule has 1 aliphatic heterocycles. The van der Waals surface area contributed by atoms with Gasteiger partial charge >= 0.3 is 11.8 Å². The lowest BCUT2D eigenvalue weighted by molar-refractivity contribution is -0.132. The molecular weight excluding hydrogens is 444 g/mol. The Bertz CT molecular complexity index is 1130. The number of carbonyl (C=O) groups is 2. The first-order chi connectivity index (χ1) is 16.4. The van der Waals surface area contributed by atoms with Gasteiger partial charge in [-0.15, -0.1) is 0 Å². The lowest BCUT2D eigenvalue weighted by atomic mass is 10.1. The average molecular weight is 477 g/mol. The van der Waals surface area contributed by atoms with Gasteiger partial charge < -0.3 is 29.0 Å². The van der Waals surface area contributed by atoms with Crippen molar-refractivity contribution in [2.75, 3.05) is 47.0 Å². The van der Waals surface area contributed by atoms with Crippen LogP contribution in [0.4, 0.5) is 4.79 Å². The number of ether oxygens (including phenoxy) is 3. The first-order valence-corrected chi connectivity index (χ1v) is 11.5. The zero-order valence-electron chi connectivity index (χ0n) is 19.9. The van der Waals surface area contributed by atoms with Gasteiger partial charge in [-0.05, 0) is 25.8 Å². The SMILES string of the molecule is CCOC(=O)N1CCN(C(=O)CCCCCn2c(=O)[nH]c3cc(OC)c(OC)cc3c2=O)CC1. The van der Waals surface area contributed by atoms with Crippen molar-refractivity contribution in [1.82, 2.24) is 19.4 Å². The molecule has 1 aromatic carbocycles. The summed E-state index contributed by atoms with van der Waals surface area (Å²) >= 11 is 0. The van der Waals surface area contributed by atoms with Gasteiger partial charge in [-0.1, -0.05) is 6.42 Å². The predicted molar refractivity (Wildman–Crippen MR) is 126 cm³/mol. The molecule has 2 aromatic rings. The van der Waals surface area contributed by atoms with Gasteiger partial charge in [-0.3, -0.25) is 14.2 Å². The molecule has 1 N–H and O–H groups in total. The van der Waals surface area contributed by atoms with Crippen molar-refractivity contribution < 1.29 is 23.8 Å². The third kappa shape index (κ3) is 5.70. The average Bonchev–Trinajstić information content (AvgIpc) is 2.84. The number of methoxy groups -OCH3 is 2. The molecule has 0 unspecified atom stereocenters. The van der Waals surface area contributed by atoms with E-state index in [4.69, 9.17) is 14.2 Å². The van der Waals surface area contributed by atoms with Crippen molar-refractivity contribution in [1.29, 1.82) is 0 Å². The highest BCUT2D eigenvalue weighted by Gasteiger charge is 2.24. The van der Waals surface area contributed by atoms with Gasteiger partial charge in [0.15, 0.2) is 11.5 Å². The van der Waals surface area contributed by atoms with Gasteiger partial charge in [0.05, 0.1) is 31.7 Å². The Kier molecular flexibility index (Phi) is 8.55. The highest BCUT2D eigenvalue weighted by atomic mass is 16.6. The van der Waals surface area contributed by atoms with Crippen LogP contribution in [0, 0.1) is 0 Å². The van der Waals surface area contributed by atoms with Crippen LogP contribution in [0.25, 0.3) is 10.9 Å². The molecule has 0 saturated carbocycles. The normalized spacial score (nSPS) is 13.7. The maximum atomic E-state index is 12.9. The number of fused-ring (bicyclic) bond motifs is 1. The van der Waals surface area contributed by atoms with Crippen LogP contribution >= 0.6 is 0 Å². The Morgan fingerprint density at radius 1 is 0.941 bits per heavy atom. The highest BCUT2D eigenvalue weighted by Crippen LogP contribution is 2.29. The zero-order chi connectivity index (χ0) is 24.7. The van der Waals surface area contributed by atoms with Crippen LogP contribution in [0.15, 0.2) is 21.7 Å². The summed E-state index contributed by atoms with van der Waals surface area (Å²) in [5.41, 5.74) is -0.493. The van der Waals surface area contributed by atoms with E-state index >= 15 is 0 Å². The van der Waals surface area contributed by atoms with Gasteiger partial charge in [-0.25, -0.2) is 9.59 Å².